The van der Waals surface area contributed by atoms with Crippen LogP contribution < -0.4 is 10.9 Å². The van der Waals surface area contributed by atoms with Crippen molar-refractivity contribution in [3.05, 3.63) is 63.9 Å². The number of hydrogen-bond donors (Lipinski definition) is 1. The Kier molecular flexibility index (Phi) is 6.13. The molecule has 0 bridgehead atoms. The van der Waals surface area contributed by atoms with E-state index in [1.54, 1.807) is 10.6 Å². The molecule has 0 aliphatic heterocycles. The van der Waals surface area contributed by atoms with E-state index in [-0.39, 0.29) is 22.8 Å². The summed E-state index contributed by atoms with van der Waals surface area (Å²) in [5, 5.41) is 4.12. The summed E-state index contributed by atoms with van der Waals surface area (Å²) < 4.78 is 1.63. The van der Waals surface area contributed by atoms with E-state index in [4.69, 9.17) is 4.98 Å². The van der Waals surface area contributed by atoms with Crippen molar-refractivity contribution < 1.29 is 4.79 Å². The van der Waals surface area contributed by atoms with Gasteiger partial charge in [-0.3, -0.25) is 14.2 Å². The highest BCUT2D eigenvalue weighted by molar-refractivity contribution is 7.99. The van der Waals surface area contributed by atoms with E-state index in [1.165, 1.54) is 11.8 Å². The van der Waals surface area contributed by atoms with Crippen LogP contribution in [-0.2, 0) is 4.79 Å². The van der Waals surface area contributed by atoms with Crippen LogP contribution in [0.15, 0.2) is 52.4 Å². The van der Waals surface area contributed by atoms with Gasteiger partial charge in [-0.25, -0.2) is 4.98 Å². The molecule has 2 aromatic carbocycles. The predicted octanol–water partition coefficient (Wildman–Crippen LogP) is 4.40. The van der Waals surface area contributed by atoms with E-state index in [9.17, 15) is 9.59 Å². The summed E-state index contributed by atoms with van der Waals surface area (Å²) in [7, 11) is 0. The lowest BCUT2D eigenvalue weighted by Crippen LogP contribution is -2.43. The molecule has 0 spiro atoms. The van der Waals surface area contributed by atoms with Crippen LogP contribution in [0.3, 0.4) is 0 Å². The second-order valence-corrected chi connectivity index (χ2v) is 8.86. The summed E-state index contributed by atoms with van der Waals surface area (Å²) in [6.07, 6.45) is 0.838. The van der Waals surface area contributed by atoms with Gasteiger partial charge in [0, 0.05) is 5.54 Å². The maximum Gasteiger partial charge on any atom is 0.266 e. The van der Waals surface area contributed by atoms with Gasteiger partial charge in [-0.1, -0.05) is 43.0 Å². The average Bonchev–Trinajstić information content (AvgIpc) is 2.68. The molecule has 5 nitrogen and oxygen atoms in total. The van der Waals surface area contributed by atoms with Gasteiger partial charge in [0.25, 0.3) is 5.56 Å². The van der Waals surface area contributed by atoms with Crippen LogP contribution in [-0.4, -0.2) is 26.8 Å². The van der Waals surface area contributed by atoms with E-state index in [0.29, 0.717) is 16.1 Å². The first-order valence-electron chi connectivity index (χ1n) is 9.75. The molecule has 0 saturated heterocycles. The number of carbonyl (C=O) groups excluding carboxylic acids is 1. The molecule has 0 atom stereocenters. The number of nitrogens with zero attached hydrogens (tertiary/aromatic N) is 2. The van der Waals surface area contributed by atoms with Crippen molar-refractivity contribution in [2.24, 2.45) is 0 Å². The number of hydrogen-bond acceptors (Lipinski definition) is 4. The minimum Gasteiger partial charge on any atom is -0.351 e. The molecule has 0 saturated carbocycles. The second-order valence-electron chi connectivity index (χ2n) is 7.92. The van der Waals surface area contributed by atoms with Gasteiger partial charge in [0.2, 0.25) is 5.91 Å². The highest BCUT2D eigenvalue weighted by atomic mass is 32.2. The largest absolute Gasteiger partial charge is 0.351 e. The third kappa shape index (κ3) is 4.70. The molecule has 0 aliphatic carbocycles. The van der Waals surface area contributed by atoms with E-state index < -0.39 is 0 Å². The fraction of sp³-hybridized carbons (Fsp3) is 0.348. The summed E-state index contributed by atoms with van der Waals surface area (Å²) in [4.78, 5) is 30.5. The first-order chi connectivity index (χ1) is 13.7. The highest BCUT2D eigenvalue weighted by Gasteiger charge is 2.20. The van der Waals surface area contributed by atoms with Crippen molar-refractivity contribution in [2.45, 2.75) is 51.7 Å². The standard InChI is InChI=1S/C23H27N3O2S/c1-6-23(4,5)25-20(27)14-29-22-24-18-10-8-7-9-17(18)21(28)26(22)19-13-15(2)11-12-16(19)3/h7-13H,6,14H2,1-5H3,(H,25,27). The Bertz CT molecular complexity index is 1120. The zero-order valence-corrected chi connectivity index (χ0v) is 18.4. The Morgan fingerprint density at radius 2 is 1.90 bits per heavy atom. The molecule has 3 aromatic rings. The molecule has 6 heteroatoms. The molecular formula is C23H27N3O2S. The summed E-state index contributed by atoms with van der Waals surface area (Å²) in [5.74, 6) is 0.121. The van der Waals surface area contributed by atoms with Gasteiger partial charge >= 0.3 is 0 Å². The van der Waals surface area contributed by atoms with Gasteiger partial charge in [-0.2, -0.15) is 0 Å². The van der Waals surface area contributed by atoms with Gasteiger partial charge in [-0.05, 0) is 63.4 Å². The highest BCUT2D eigenvalue weighted by Crippen LogP contribution is 2.24. The van der Waals surface area contributed by atoms with Crippen molar-refractivity contribution in [2.75, 3.05) is 5.75 Å². The van der Waals surface area contributed by atoms with Crippen molar-refractivity contribution in [1.82, 2.24) is 14.9 Å². The number of benzene rings is 2. The van der Waals surface area contributed by atoms with Crippen molar-refractivity contribution >= 4 is 28.6 Å². The van der Waals surface area contributed by atoms with Crippen LogP contribution >= 0.6 is 11.8 Å². The fourth-order valence-electron chi connectivity index (χ4n) is 3.01. The predicted molar refractivity (Wildman–Crippen MR) is 120 cm³/mol. The van der Waals surface area contributed by atoms with Crippen LogP contribution in [0.1, 0.15) is 38.3 Å². The minimum atomic E-state index is -0.263. The number of aryl methyl sites for hydroxylation is 2. The SMILES string of the molecule is CCC(C)(C)NC(=O)CSc1nc2ccccc2c(=O)n1-c1cc(C)ccc1C. The number of aromatic nitrogens is 2. The molecule has 1 heterocycles. The number of nitrogens with one attached hydrogen (secondary N) is 1. The van der Waals surface area contributed by atoms with Crippen LogP contribution in [0.5, 0.6) is 0 Å². The molecule has 0 unspecified atom stereocenters. The number of carbonyl (C=O) groups is 1. The average molecular weight is 410 g/mol. The lowest BCUT2D eigenvalue weighted by molar-refractivity contribution is -0.120. The van der Waals surface area contributed by atoms with Crippen molar-refractivity contribution in [1.29, 1.82) is 0 Å². The fourth-order valence-corrected chi connectivity index (χ4v) is 3.82. The first kappa shape index (κ1) is 21.1. The third-order valence-corrected chi connectivity index (χ3v) is 5.98. The number of amides is 1. The van der Waals surface area contributed by atoms with Crippen molar-refractivity contribution in [3.63, 3.8) is 0 Å². The van der Waals surface area contributed by atoms with Gasteiger partial charge < -0.3 is 5.32 Å². The molecule has 1 N–H and O–H groups in total. The first-order valence-corrected chi connectivity index (χ1v) is 10.7. The smallest absolute Gasteiger partial charge is 0.266 e. The zero-order chi connectivity index (χ0) is 21.2. The molecule has 152 valence electrons. The molecule has 0 aliphatic rings. The van der Waals surface area contributed by atoms with E-state index >= 15 is 0 Å². The number of rotatable bonds is 6. The molecule has 0 radical (unpaired) electrons. The Morgan fingerprint density at radius 1 is 1.17 bits per heavy atom. The maximum absolute atomic E-state index is 13.3. The molecule has 29 heavy (non-hydrogen) atoms. The molecule has 3 rings (SSSR count). The number of para-hydroxylation sites is 1. The van der Waals surface area contributed by atoms with Crippen LogP contribution in [0, 0.1) is 13.8 Å². The Hall–Kier alpha value is -2.60. The lowest BCUT2D eigenvalue weighted by Gasteiger charge is -2.24. The van der Waals surface area contributed by atoms with Gasteiger partial charge in [0.1, 0.15) is 0 Å². The second kappa shape index (κ2) is 8.41. The van der Waals surface area contributed by atoms with Gasteiger partial charge in [-0.15, -0.1) is 0 Å². The van der Waals surface area contributed by atoms with Gasteiger partial charge in [0.05, 0.1) is 22.3 Å². The summed E-state index contributed by atoms with van der Waals surface area (Å²) in [5.41, 5.74) is 3.08. The van der Waals surface area contributed by atoms with Crippen LogP contribution in [0.4, 0.5) is 0 Å². The van der Waals surface area contributed by atoms with E-state index in [1.807, 2.05) is 71.0 Å². The van der Waals surface area contributed by atoms with Crippen LogP contribution in [0.2, 0.25) is 0 Å². The summed E-state index contributed by atoms with van der Waals surface area (Å²) >= 11 is 1.28. The topological polar surface area (TPSA) is 64.0 Å². The zero-order valence-electron chi connectivity index (χ0n) is 17.6. The monoisotopic (exact) mass is 409 g/mol. The van der Waals surface area contributed by atoms with E-state index in [0.717, 1.165) is 23.2 Å². The quantitative estimate of drug-likeness (QED) is 0.484. The Balaban J connectivity index is 2.07. The third-order valence-electron chi connectivity index (χ3n) is 5.04. The van der Waals surface area contributed by atoms with Crippen LogP contribution in [0.25, 0.3) is 16.6 Å². The minimum absolute atomic E-state index is 0.0724. The molecule has 1 aromatic heterocycles. The molecular weight excluding hydrogens is 382 g/mol. The molecule has 1 amide bonds. The van der Waals surface area contributed by atoms with Crippen molar-refractivity contribution in [3.8, 4) is 5.69 Å². The maximum atomic E-state index is 13.3. The van der Waals surface area contributed by atoms with E-state index in [2.05, 4.69) is 5.32 Å². The normalized spacial score (nSPS) is 11.6. The molecule has 0 fully saturated rings. The lowest BCUT2D eigenvalue weighted by atomic mass is 10.0. The summed E-state index contributed by atoms with van der Waals surface area (Å²) in [6.45, 7) is 10.00. The number of thioether (sulfide) groups is 1. The Labute approximate surface area is 175 Å². The van der Waals surface area contributed by atoms with Gasteiger partial charge in [0.15, 0.2) is 5.16 Å². The summed E-state index contributed by atoms with van der Waals surface area (Å²) in [6, 6.07) is 13.3. The Morgan fingerprint density at radius 3 is 2.62 bits per heavy atom. The number of fused-ring (bicyclic) bond motifs is 1.